The highest BCUT2D eigenvalue weighted by Crippen LogP contribution is 2.18. The zero-order chi connectivity index (χ0) is 12.8. The molecular weight excluding hydrogens is 230 g/mol. The molecule has 0 aromatic carbocycles. The Morgan fingerprint density at radius 2 is 2.18 bits per heavy atom. The van der Waals surface area contributed by atoms with E-state index in [0.717, 1.165) is 13.1 Å². The molecular formula is C11H20F2N2O2. The van der Waals surface area contributed by atoms with Gasteiger partial charge in [0.1, 0.15) is 0 Å². The van der Waals surface area contributed by atoms with Crippen LogP contribution in [-0.2, 0) is 9.53 Å². The molecule has 0 bridgehead atoms. The molecule has 1 atom stereocenters. The lowest BCUT2D eigenvalue weighted by Crippen LogP contribution is -2.51. The second-order valence-electron chi connectivity index (χ2n) is 4.38. The minimum Gasteiger partial charge on any atom is -0.383 e. The lowest BCUT2D eigenvalue weighted by atomic mass is 9.88. The van der Waals surface area contributed by atoms with Gasteiger partial charge in [0.25, 0.3) is 6.43 Å². The molecule has 1 N–H and O–H groups in total. The van der Waals surface area contributed by atoms with Crippen LogP contribution in [0.3, 0.4) is 0 Å². The number of hydrogen-bond donors (Lipinski definition) is 1. The predicted molar refractivity (Wildman–Crippen MR) is 60.0 cm³/mol. The average molecular weight is 250 g/mol. The number of amides is 1. The molecule has 17 heavy (non-hydrogen) atoms. The predicted octanol–water partition coefficient (Wildman–Crippen LogP) is 0.582. The van der Waals surface area contributed by atoms with Crippen molar-refractivity contribution in [2.75, 3.05) is 39.9 Å². The second kappa shape index (κ2) is 6.86. The van der Waals surface area contributed by atoms with Crippen LogP contribution in [0.1, 0.15) is 6.92 Å². The summed E-state index contributed by atoms with van der Waals surface area (Å²) >= 11 is 0. The molecule has 1 fully saturated rings. The van der Waals surface area contributed by atoms with Gasteiger partial charge in [0.05, 0.1) is 13.2 Å². The van der Waals surface area contributed by atoms with Crippen molar-refractivity contribution >= 4 is 5.91 Å². The van der Waals surface area contributed by atoms with Crippen molar-refractivity contribution in [3.63, 3.8) is 0 Å². The molecule has 100 valence electrons. The molecule has 1 saturated heterocycles. The van der Waals surface area contributed by atoms with Crippen molar-refractivity contribution in [2.24, 2.45) is 11.8 Å². The van der Waals surface area contributed by atoms with Crippen LogP contribution in [0.25, 0.3) is 0 Å². The Balaban J connectivity index is 2.50. The summed E-state index contributed by atoms with van der Waals surface area (Å²) in [4.78, 5) is 13.2. The number of rotatable bonds is 7. The van der Waals surface area contributed by atoms with Crippen LogP contribution in [0.2, 0.25) is 0 Å². The van der Waals surface area contributed by atoms with Gasteiger partial charge >= 0.3 is 0 Å². The molecule has 0 aromatic rings. The molecule has 1 aliphatic rings. The Labute approximate surface area is 100 Å². The number of nitrogens with one attached hydrogen (secondary N) is 1. The smallest absolute Gasteiger partial charge is 0.255 e. The molecule has 1 heterocycles. The number of ether oxygens (including phenoxy) is 1. The highest BCUT2D eigenvalue weighted by atomic mass is 19.3. The summed E-state index contributed by atoms with van der Waals surface area (Å²) in [5.74, 6) is -0.133. The molecule has 0 aromatic heterocycles. The topological polar surface area (TPSA) is 41.6 Å². The first kappa shape index (κ1) is 14.3. The number of hydrogen-bond acceptors (Lipinski definition) is 3. The maximum atomic E-state index is 12.4. The third-order valence-electron chi connectivity index (χ3n) is 3.15. The molecule has 6 heteroatoms. The van der Waals surface area contributed by atoms with E-state index in [1.807, 2.05) is 0 Å². The summed E-state index contributed by atoms with van der Waals surface area (Å²) in [6, 6.07) is 0. The van der Waals surface area contributed by atoms with E-state index in [0.29, 0.717) is 0 Å². The molecule has 1 aliphatic heterocycles. The highest BCUT2D eigenvalue weighted by Gasteiger charge is 2.32. The Morgan fingerprint density at radius 3 is 2.59 bits per heavy atom. The number of nitrogens with zero attached hydrogens (tertiary/aromatic N) is 1. The van der Waals surface area contributed by atoms with E-state index in [9.17, 15) is 13.6 Å². The molecule has 0 saturated carbocycles. The molecule has 0 spiro atoms. The van der Waals surface area contributed by atoms with E-state index in [1.165, 1.54) is 12.0 Å². The zero-order valence-corrected chi connectivity index (χ0v) is 10.3. The third kappa shape index (κ3) is 4.20. The largest absolute Gasteiger partial charge is 0.383 e. The van der Waals surface area contributed by atoms with Gasteiger partial charge in [-0.05, 0) is 19.0 Å². The van der Waals surface area contributed by atoms with Crippen molar-refractivity contribution in [1.29, 1.82) is 0 Å². The first-order valence-electron chi connectivity index (χ1n) is 5.82. The standard InChI is InChI=1S/C11H20F2N2O2/c1-8(9-5-14-6-9)11(16)15(3-4-17-2)7-10(12)13/h8-10,14H,3-7H2,1-2H3. The minimum atomic E-state index is -2.50. The number of carbonyl (C=O) groups is 1. The monoisotopic (exact) mass is 250 g/mol. The Bertz CT molecular complexity index is 248. The third-order valence-corrected chi connectivity index (χ3v) is 3.15. The number of alkyl halides is 2. The van der Waals surface area contributed by atoms with Gasteiger partial charge in [-0.15, -0.1) is 0 Å². The summed E-state index contributed by atoms with van der Waals surface area (Å²) in [5.41, 5.74) is 0. The Morgan fingerprint density at radius 1 is 1.53 bits per heavy atom. The van der Waals surface area contributed by atoms with E-state index in [1.54, 1.807) is 6.92 Å². The van der Waals surface area contributed by atoms with E-state index >= 15 is 0 Å². The fourth-order valence-corrected chi connectivity index (χ4v) is 1.81. The van der Waals surface area contributed by atoms with Crippen LogP contribution in [0, 0.1) is 11.8 Å². The van der Waals surface area contributed by atoms with Crippen LogP contribution >= 0.6 is 0 Å². The van der Waals surface area contributed by atoms with Gasteiger partial charge in [-0.2, -0.15) is 0 Å². The lowest BCUT2D eigenvalue weighted by molar-refractivity contribution is -0.140. The molecule has 0 aliphatic carbocycles. The molecule has 1 amide bonds. The summed E-state index contributed by atoms with van der Waals surface area (Å²) < 4.78 is 29.6. The number of methoxy groups -OCH3 is 1. The Hall–Kier alpha value is -0.750. The van der Waals surface area contributed by atoms with Crippen molar-refractivity contribution in [2.45, 2.75) is 13.3 Å². The van der Waals surface area contributed by atoms with Crippen LogP contribution in [-0.4, -0.2) is 57.1 Å². The summed E-state index contributed by atoms with van der Waals surface area (Å²) in [6.07, 6.45) is -2.50. The minimum absolute atomic E-state index is 0.200. The fourth-order valence-electron chi connectivity index (χ4n) is 1.81. The maximum Gasteiger partial charge on any atom is 0.255 e. The van der Waals surface area contributed by atoms with E-state index < -0.39 is 13.0 Å². The van der Waals surface area contributed by atoms with E-state index in [4.69, 9.17) is 4.74 Å². The molecule has 4 nitrogen and oxygen atoms in total. The summed E-state index contributed by atoms with van der Waals surface area (Å²) in [5, 5.41) is 3.08. The van der Waals surface area contributed by atoms with Gasteiger partial charge in [-0.1, -0.05) is 6.92 Å². The van der Waals surface area contributed by atoms with E-state index in [-0.39, 0.29) is 30.9 Å². The molecule has 1 rings (SSSR count). The van der Waals surface area contributed by atoms with Gasteiger partial charge in [0.15, 0.2) is 0 Å². The van der Waals surface area contributed by atoms with Gasteiger partial charge < -0.3 is 15.0 Å². The maximum absolute atomic E-state index is 12.4. The zero-order valence-electron chi connectivity index (χ0n) is 10.3. The SMILES string of the molecule is COCCN(CC(F)F)C(=O)C(C)C1CNC1. The van der Waals surface area contributed by atoms with Crippen molar-refractivity contribution in [1.82, 2.24) is 10.2 Å². The van der Waals surface area contributed by atoms with Gasteiger partial charge in [-0.25, -0.2) is 8.78 Å². The Kier molecular flexibility index (Phi) is 5.77. The number of carbonyl (C=O) groups excluding carboxylic acids is 1. The van der Waals surface area contributed by atoms with E-state index in [2.05, 4.69) is 5.32 Å². The first-order chi connectivity index (χ1) is 8.06. The fraction of sp³-hybridized carbons (Fsp3) is 0.909. The van der Waals surface area contributed by atoms with Gasteiger partial charge in [0.2, 0.25) is 5.91 Å². The van der Waals surface area contributed by atoms with Crippen LogP contribution < -0.4 is 5.32 Å². The van der Waals surface area contributed by atoms with Crippen LogP contribution in [0.5, 0.6) is 0 Å². The molecule has 0 radical (unpaired) electrons. The average Bonchev–Trinajstić information content (AvgIpc) is 2.20. The molecule has 1 unspecified atom stereocenters. The summed E-state index contributed by atoms with van der Waals surface area (Å²) in [7, 11) is 1.49. The quantitative estimate of drug-likeness (QED) is 0.718. The second-order valence-corrected chi connectivity index (χ2v) is 4.38. The highest BCUT2D eigenvalue weighted by molar-refractivity contribution is 5.79. The van der Waals surface area contributed by atoms with Crippen LogP contribution in [0.4, 0.5) is 8.78 Å². The van der Waals surface area contributed by atoms with Crippen molar-refractivity contribution in [3.05, 3.63) is 0 Å². The van der Waals surface area contributed by atoms with Crippen molar-refractivity contribution < 1.29 is 18.3 Å². The lowest BCUT2D eigenvalue weighted by Gasteiger charge is -2.35. The summed E-state index contributed by atoms with van der Waals surface area (Å²) in [6.45, 7) is 3.39. The first-order valence-corrected chi connectivity index (χ1v) is 5.82. The van der Waals surface area contributed by atoms with Crippen LogP contribution in [0.15, 0.2) is 0 Å². The normalized spacial score (nSPS) is 17.9. The van der Waals surface area contributed by atoms with Gasteiger partial charge in [0, 0.05) is 19.6 Å². The van der Waals surface area contributed by atoms with Gasteiger partial charge in [-0.3, -0.25) is 4.79 Å². The number of halogens is 2. The van der Waals surface area contributed by atoms with Crippen molar-refractivity contribution in [3.8, 4) is 0 Å².